The van der Waals surface area contributed by atoms with Crippen LogP contribution in [-0.2, 0) is 4.79 Å². The summed E-state index contributed by atoms with van der Waals surface area (Å²) in [5.41, 5.74) is 1.09. The van der Waals surface area contributed by atoms with E-state index in [4.69, 9.17) is 11.6 Å². The molecule has 1 fully saturated rings. The van der Waals surface area contributed by atoms with E-state index in [9.17, 15) is 9.18 Å². The topological polar surface area (TPSA) is 32.7 Å². The van der Waals surface area contributed by atoms with E-state index in [0.717, 1.165) is 5.56 Å². The lowest BCUT2D eigenvalue weighted by Crippen LogP contribution is -2.28. The van der Waals surface area contributed by atoms with Crippen molar-refractivity contribution in [3.63, 3.8) is 0 Å². The fourth-order valence-electron chi connectivity index (χ4n) is 2.23. The van der Waals surface area contributed by atoms with Crippen molar-refractivity contribution in [2.24, 2.45) is 4.99 Å². The van der Waals surface area contributed by atoms with Crippen LogP contribution in [0.3, 0.4) is 0 Å². The van der Waals surface area contributed by atoms with Crippen molar-refractivity contribution in [1.82, 2.24) is 4.90 Å². The summed E-state index contributed by atoms with van der Waals surface area (Å²) >= 11 is 7.12. The number of nitrogens with zero attached hydrogens (tertiary/aromatic N) is 2. The van der Waals surface area contributed by atoms with Crippen molar-refractivity contribution in [3.05, 3.63) is 69.8 Å². The first-order valence-electron chi connectivity index (χ1n) is 7.38. The maximum Gasteiger partial charge on any atom is 0.266 e. The van der Waals surface area contributed by atoms with E-state index in [0.29, 0.717) is 21.6 Å². The number of hydrogen-bond donors (Lipinski definition) is 0. The summed E-state index contributed by atoms with van der Waals surface area (Å²) in [4.78, 5) is 18.9. The smallest absolute Gasteiger partial charge is 0.266 e. The molecule has 0 aromatic heterocycles. The fraction of sp³-hybridized carbons (Fsp3) is 0.111. The molecule has 0 N–H and O–H groups in total. The Morgan fingerprint density at radius 2 is 1.92 bits per heavy atom. The number of benzene rings is 2. The van der Waals surface area contributed by atoms with Crippen molar-refractivity contribution in [2.45, 2.75) is 6.92 Å². The number of likely N-dealkylation sites (N-methyl/N-ethyl adjacent to an activating group) is 1. The number of halogens is 2. The van der Waals surface area contributed by atoms with Crippen LogP contribution >= 0.6 is 23.4 Å². The minimum Gasteiger partial charge on any atom is -0.287 e. The third-order valence-electron chi connectivity index (χ3n) is 3.44. The Bertz CT molecular complexity index is 833. The summed E-state index contributed by atoms with van der Waals surface area (Å²) in [5.74, 6) is -0.545. The minimum atomic E-state index is -0.413. The molecule has 3 nitrogen and oxygen atoms in total. The van der Waals surface area contributed by atoms with Crippen LogP contribution in [0.2, 0.25) is 5.02 Å². The van der Waals surface area contributed by atoms with Crippen molar-refractivity contribution < 1.29 is 9.18 Å². The fourth-order valence-corrected chi connectivity index (χ4v) is 3.41. The molecule has 2 aromatic carbocycles. The summed E-state index contributed by atoms with van der Waals surface area (Å²) in [6.45, 7) is 2.33. The molecule has 3 rings (SSSR count). The molecule has 0 saturated carbocycles. The Hall–Kier alpha value is -2.11. The zero-order valence-electron chi connectivity index (χ0n) is 12.9. The van der Waals surface area contributed by atoms with Gasteiger partial charge in [0.1, 0.15) is 11.5 Å². The maximum absolute atomic E-state index is 13.8. The Balaban J connectivity index is 1.94. The number of carbonyl (C=O) groups is 1. The number of hydrogen-bond acceptors (Lipinski definition) is 3. The molecule has 0 aliphatic carbocycles. The van der Waals surface area contributed by atoms with Crippen LogP contribution in [0.1, 0.15) is 12.5 Å². The molecule has 1 heterocycles. The summed E-state index contributed by atoms with van der Waals surface area (Å²) in [5, 5.41) is 1.12. The first-order chi connectivity index (χ1) is 11.6. The average Bonchev–Trinajstić information content (AvgIpc) is 2.87. The zero-order chi connectivity index (χ0) is 17.1. The third-order valence-corrected chi connectivity index (χ3v) is 4.70. The molecule has 1 saturated heterocycles. The molecule has 6 heteroatoms. The largest absolute Gasteiger partial charge is 0.287 e. The van der Waals surface area contributed by atoms with Gasteiger partial charge in [0.25, 0.3) is 5.91 Å². The van der Waals surface area contributed by atoms with E-state index >= 15 is 0 Å². The predicted octanol–water partition coefficient (Wildman–Crippen LogP) is 5.10. The van der Waals surface area contributed by atoms with E-state index in [-0.39, 0.29) is 11.6 Å². The summed E-state index contributed by atoms with van der Waals surface area (Å²) in [6, 6.07) is 13.5. The molecule has 24 heavy (non-hydrogen) atoms. The molecule has 1 aliphatic rings. The molecular weight excluding hydrogens is 347 g/mol. The molecule has 0 bridgehead atoms. The SMILES string of the molecule is CCN1C(=O)/C(=C\c2ccc(Cl)cc2)SC1=Nc1ccccc1F. The maximum atomic E-state index is 13.8. The van der Waals surface area contributed by atoms with Gasteiger partial charge in [-0.15, -0.1) is 0 Å². The van der Waals surface area contributed by atoms with E-state index in [1.165, 1.54) is 17.8 Å². The van der Waals surface area contributed by atoms with Gasteiger partial charge in [-0.25, -0.2) is 9.38 Å². The summed E-state index contributed by atoms with van der Waals surface area (Å²) < 4.78 is 13.8. The molecule has 0 atom stereocenters. The lowest BCUT2D eigenvalue weighted by molar-refractivity contribution is -0.122. The van der Waals surface area contributed by atoms with Crippen LogP contribution in [-0.4, -0.2) is 22.5 Å². The third kappa shape index (κ3) is 3.52. The number of amides is 1. The lowest BCUT2D eigenvalue weighted by atomic mass is 10.2. The highest BCUT2D eigenvalue weighted by molar-refractivity contribution is 8.18. The van der Waals surface area contributed by atoms with E-state index in [1.807, 2.05) is 19.1 Å². The Kier molecular flexibility index (Phi) is 5.02. The molecular formula is C18H14ClFN2OS. The number of thioether (sulfide) groups is 1. The van der Waals surface area contributed by atoms with Crippen LogP contribution in [0.5, 0.6) is 0 Å². The standard InChI is InChI=1S/C18H14ClFN2OS/c1-2-22-17(23)16(11-12-7-9-13(19)10-8-12)24-18(22)21-15-6-4-3-5-14(15)20/h3-11H,2H2,1H3/b16-11+,21-18?. The van der Waals surface area contributed by atoms with Gasteiger partial charge in [0.15, 0.2) is 5.17 Å². The van der Waals surface area contributed by atoms with E-state index < -0.39 is 5.82 Å². The molecule has 2 aromatic rings. The number of aliphatic imine (C=N–C) groups is 1. The first-order valence-corrected chi connectivity index (χ1v) is 8.58. The van der Waals surface area contributed by atoms with Gasteiger partial charge in [-0.2, -0.15) is 0 Å². The zero-order valence-corrected chi connectivity index (χ0v) is 14.4. The normalized spacial score (nSPS) is 18.0. The predicted molar refractivity (Wildman–Crippen MR) is 97.9 cm³/mol. The van der Waals surface area contributed by atoms with Crippen LogP contribution < -0.4 is 0 Å². The first kappa shape index (κ1) is 16.7. The Labute approximate surface area is 148 Å². The van der Waals surface area contributed by atoms with Gasteiger partial charge in [-0.05, 0) is 54.6 Å². The van der Waals surface area contributed by atoms with Gasteiger partial charge in [0.05, 0.1) is 4.91 Å². The van der Waals surface area contributed by atoms with Gasteiger partial charge < -0.3 is 0 Å². The lowest BCUT2D eigenvalue weighted by Gasteiger charge is -2.12. The van der Waals surface area contributed by atoms with Crippen molar-refractivity contribution in [3.8, 4) is 0 Å². The van der Waals surface area contributed by atoms with Crippen LogP contribution in [0.15, 0.2) is 58.4 Å². The second kappa shape index (κ2) is 7.20. The highest BCUT2D eigenvalue weighted by Crippen LogP contribution is 2.34. The van der Waals surface area contributed by atoms with E-state index in [2.05, 4.69) is 4.99 Å². The molecule has 0 radical (unpaired) electrons. The second-order valence-electron chi connectivity index (χ2n) is 5.06. The monoisotopic (exact) mass is 360 g/mol. The van der Waals surface area contributed by atoms with Crippen molar-refractivity contribution in [2.75, 3.05) is 6.54 Å². The minimum absolute atomic E-state index is 0.132. The second-order valence-corrected chi connectivity index (χ2v) is 6.50. The highest BCUT2D eigenvalue weighted by atomic mass is 35.5. The van der Waals surface area contributed by atoms with Crippen molar-refractivity contribution in [1.29, 1.82) is 0 Å². The molecule has 0 spiro atoms. The van der Waals surface area contributed by atoms with Gasteiger partial charge in [-0.1, -0.05) is 35.9 Å². The van der Waals surface area contributed by atoms with Crippen LogP contribution in [0.4, 0.5) is 10.1 Å². The quantitative estimate of drug-likeness (QED) is 0.713. The molecule has 1 amide bonds. The van der Waals surface area contributed by atoms with Gasteiger partial charge in [0, 0.05) is 11.6 Å². The number of rotatable bonds is 3. The Morgan fingerprint density at radius 1 is 1.21 bits per heavy atom. The van der Waals surface area contributed by atoms with Gasteiger partial charge in [0.2, 0.25) is 0 Å². The highest BCUT2D eigenvalue weighted by Gasteiger charge is 2.32. The van der Waals surface area contributed by atoms with Crippen LogP contribution in [0.25, 0.3) is 6.08 Å². The van der Waals surface area contributed by atoms with E-state index in [1.54, 1.807) is 41.3 Å². The number of para-hydroxylation sites is 1. The van der Waals surface area contributed by atoms with Crippen LogP contribution in [0, 0.1) is 5.82 Å². The number of amidine groups is 1. The average molecular weight is 361 g/mol. The number of carbonyl (C=O) groups excluding carboxylic acids is 1. The summed E-state index contributed by atoms with van der Waals surface area (Å²) in [7, 11) is 0. The Morgan fingerprint density at radius 3 is 2.58 bits per heavy atom. The van der Waals surface area contributed by atoms with Crippen molar-refractivity contribution >= 4 is 46.2 Å². The molecule has 1 aliphatic heterocycles. The molecule has 0 unspecified atom stereocenters. The molecule has 122 valence electrons. The summed E-state index contributed by atoms with van der Waals surface area (Å²) in [6.07, 6.45) is 1.79. The van der Waals surface area contributed by atoms with Gasteiger partial charge >= 0.3 is 0 Å². The van der Waals surface area contributed by atoms with Gasteiger partial charge in [-0.3, -0.25) is 9.69 Å².